The molecule has 2 rings (SSSR count). The molecular formula is C16H27N3O2. The third kappa shape index (κ3) is 5.17. The van der Waals surface area contributed by atoms with E-state index in [0.717, 1.165) is 18.7 Å². The molecule has 2 unspecified atom stereocenters. The average molecular weight is 293 g/mol. The van der Waals surface area contributed by atoms with E-state index in [1.165, 1.54) is 19.3 Å². The molecule has 0 amide bonds. The number of anilines is 1. The quantitative estimate of drug-likeness (QED) is 0.805. The summed E-state index contributed by atoms with van der Waals surface area (Å²) in [5, 5.41) is 7.07. The van der Waals surface area contributed by atoms with Crippen LogP contribution in [-0.4, -0.2) is 36.9 Å². The van der Waals surface area contributed by atoms with Crippen molar-refractivity contribution in [3.8, 4) is 0 Å². The number of ether oxygens (including phenoxy) is 1. The summed E-state index contributed by atoms with van der Waals surface area (Å²) in [4.78, 5) is 11.7. The minimum absolute atomic E-state index is 0.0131. The molecule has 118 valence electrons. The smallest absolute Gasteiger partial charge is 0.250 e. The lowest BCUT2D eigenvalue weighted by Crippen LogP contribution is -2.37. The molecule has 1 aromatic heterocycles. The molecule has 0 radical (unpaired) electrons. The third-order valence-electron chi connectivity index (χ3n) is 3.98. The van der Waals surface area contributed by atoms with Crippen molar-refractivity contribution in [2.75, 3.05) is 25.6 Å². The highest BCUT2D eigenvalue weighted by Crippen LogP contribution is 2.14. The van der Waals surface area contributed by atoms with Crippen molar-refractivity contribution < 1.29 is 4.74 Å². The largest absolute Gasteiger partial charge is 0.383 e. The van der Waals surface area contributed by atoms with E-state index in [-0.39, 0.29) is 5.56 Å². The molecule has 1 aromatic rings. The van der Waals surface area contributed by atoms with E-state index in [4.69, 9.17) is 4.74 Å². The predicted octanol–water partition coefficient (Wildman–Crippen LogP) is 1.83. The number of pyridine rings is 1. The molecule has 0 aromatic carbocycles. The van der Waals surface area contributed by atoms with Gasteiger partial charge in [0.1, 0.15) is 0 Å². The van der Waals surface area contributed by atoms with Crippen molar-refractivity contribution in [2.45, 2.75) is 51.2 Å². The lowest BCUT2D eigenvalue weighted by Gasteiger charge is -2.27. The van der Waals surface area contributed by atoms with E-state index < -0.39 is 0 Å². The molecule has 21 heavy (non-hydrogen) atoms. The van der Waals surface area contributed by atoms with Crippen LogP contribution in [0.5, 0.6) is 0 Å². The lowest BCUT2D eigenvalue weighted by molar-refractivity contribution is 0.186. The van der Waals surface area contributed by atoms with Gasteiger partial charge in [-0.3, -0.25) is 4.79 Å². The van der Waals surface area contributed by atoms with Gasteiger partial charge in [-0.25, -0.2) is 0 Å². The van der Waals surface area contributed by atoms with E-state index in [9.17, 15) is 4.79 Å². The normalized spacial score (nSPS) is 20.2. The van der Waals surface area contributed by atoms with Gasteiger partial charge in [0.15, 0.2) is 0 Å². The van der Waals surface area contributed by atoms with Gasteiger partial charge in [0.25, 0.3) is 5.56 Å². The summed E-state index contributed by atoms with van der Waals surface area (Å²) < 4.78 is 6.73. The summed E-state index contributed by atoms with van der Waals surface area (Å²) in [5.41, 5.74) is 1.01. The Labute approximate surface area is 126 Å². The Bertz CT molecular complexity index is 481. The zero-order valence-electron chi connectivity index (χ0n) is 13.1. The fourth-order valence-electron chi connectivity index (χ4n) is 2.88. The number of nitrogens with zero attached hydrogens (tertiary/aromatic N) is 1. The van der Waals surface area contributed by atoms with Crippen molar-refractivity contribution in [3.05, 3.63) is 28.7 Å². The van der Waals surface area contributed by atoms with Gasteiger partial charge in [-0.2, -0.15) is 0 Å². The molecule has 1 fully saturated rings. The fraction of sp³-hybridized carbons (Fsp3) is 0.688. The molecule has 1 aliphatic heterocycles. The van der Waals surface area contributed by atoms with E-state index in [1.54, 1.807) is 17.7 Å². The fourth-order valence-corrected chi connectivity index (χ4v) is 2.88. The SMILES string of the molecule is COCCn1cc(NC(C)CC2CCCCN2)ccc1=O. The van der Waals surface area contributed by atoms with Crippen LogP contribution in [-0.2, 0) is 11.3 Å². The van der Waals surface area contributed by atoms with Gasteiger partial charge in [0, 0.05) is 38.0 Å². The highest BCUT2D eigenvalue weighted by Gasteiger charge is 2.15. The molecule has 0 aliphatic carbocycles. The molecule has 5 nitrogen and oxygen atoms in total. The number of aromatic nitrogens is 1. The van der Waals surface area contributed by atoms with Crippen molar-refractivity contribution >= 4 is 5.69 Å². The van der Waals surface area contributed by atoms with Crippen molar-refractivity contribution in [3.63, 3.8) is 0 Å². The molecule has 1 saturated heterocycles. The maximum Gasteiger partial charge on any atom is 0.250 e. The van der Waals surface area contributed by atoms with Crippen molar-refractivity contribution in [1.29, 1.82) is 0 Å². The summed E-state index contributed by atoms with van der Waals surface area (Å²) in [6.07, 6.45) is 6.87. The predicted molar refractivity (Wildman–Crippen MR) is 85.9 cm³/mol. The molecule has 2 heterocycles. The second kappa shape index (κ2) is 8.20. The van der Waals surface area contributed by atoms with E-state index >= 15 is 0 Å². The van der Waals surface area contributed by atoms with E-state index in [0.29, 0.717) is 25.2 Å². The molecule has 5 heteroatoms. The molecule has 0 bridgehead atoms. The van der Waals surface area contributed by atoms with Gasteiger partial charge in [-0.1, -0.05) is 6.42 Å². The maximum atomic E-state index is 11.7. The second-order valence-electron chi connectivity index (χ2n) is 5.87. The van der Waals surface area contributed by atoms with Crippen LogP contribution in [0.3, 0.4) is 0 Å². The molecule has 2 N–H and O–H groups in total. The first-order valence-electron chi connectivity index (χ1n) is 7.88. The standard InChI is InChI=1S/C16H27N3O2/c1-13(11-14-5-3-4-8-17-14)18-15-6-7-16(20)19(12-15)9-10-21-2/h6-7,12-14,17-18H,3-5,8-11H2,1-2H3. The van der Waals surface area contributed by atoms with Gasteiger partial charge >= 0.3 is 0 Å². The highest BCUT2D eigenvalue weighted by molar-refractivity contribution is 5.41. The van der Waals surface area contributed by atoms with Crippen molar-refractivity contribution in [1.82, 2.24) is 9.88 Å². The highest BCUT2D eigenvalue weighted by atomic mass is 16.5. The third-order valence-corrected chi connectivity index (χ3v) is 3.98. The first kappa shape index (κ1) is 16.0. The Morgan fingerprint density at radius 1 is 1.48 bits per heavy atom. The van der Waals surface area contributed by atoms with Crippen LogP contribution in [0.25, 0.3) is 0 Å². The average Bonchev–Trinajstić information content (AvgIpc) is 2.48. The molecular weight excluding hydrogens is 266 g/mol. The monoisotopic (exact) mass is 293 g/mol. The topological polar surface area (TPSA) is 55.3 Å². The first-order valence-corrected chi connectivity index (χ1v) is 7.88. The Morgan fingerprint density at radius 2 is 2.33 bits per heavy atom. The Kier molecular flexibility index (Phi) is 6.26. The second-order valence-corrected chi connectivity index (χ2v) is 5.87. The summed E-state index contributed by atoms with van der Waals surface area (Å²) >= 11 is 0. The van der Waals surface area contributed by atoms with Gasteiger partial charge in [-0.05, 0) is 38.8 Å². The lowest BCUT2D eigenvalue weighted by atomic mass is 9.99. The molecule has 0 saturated carbocycles. The van der Waals surface area contributed by atoms with Gasteiger partial charge in [0.05, 0.1) is 12.3 Å². The number of hydrogen-bond acceptors (Lipinski definition) is 4. The minimum Gasteiger partial charge on any atom is -0.383 e. The van der Waals surface area contributed by atoms with E-state index in [2.05, 4.69) is 17.6 Å². The van der Waals surface area contributed by atoms with Gasteiger partial charge in [0.2, 0.25) is 0 Å². The van der Waals surface area contributed by atoms with Gasteiger partial charge < -0.3 is 19.9 Å². The van der Waals surface area contributed by atoms with Crippen molar-refractivity contribution in [2.24, 2.45) is 0 Å². The Balaban J connectivity index is 1.90. The van der Waals surface area contributed by atoms with E-state index in [1.807, 2.05) is 12.3 Å². The summed E-state index contributed by atoms with van der Waals surface area (Å²) in [7, 11) is 1.65. The van der Waals surface area contributed by atoms with Crippen LogP contribution < -0.4 is 16.2 Å². The van der Waals surface area contributed by atoms with Crippen LogP contribution in [0.1, 0.15) is 32.6 Å². The van der Waals surface area contributed by atoms with Crippen LogP contribution in [0.15, 0.2) is 23.1 Å². The number of piperidine rings is 1. The minimum atomic E-state index is 0.0131. The summed E-state index contributed by atoms with van der Waals surface area (Å²) in [6.45, 7) is 4.47. The molecule has 0 spiro atoms. The number of hydrogen-bond donors (Lipinski definition) is 2. The Morgan fingerprint density at radius 3 is 3.05 bits per heavy atom. The van der Waals surface area contributed by atoms with Crippen LogP contribution in [0, 0.1) is 0 Å². The van der Waals surface area contributed by atoms with Gasteiger partial charge in [-0.15, -0.1) is 0 Å². The van der Waals surface area contributed by atoms with Crippen LogP contribution in [0.2, 0.25) is 0 Å². The summed E-state index contributed by atoms with van der Waals surface area (Å²) in [6, 6.07) is 4.47. The first-order chi connectivity index (χ1) is 10.2. The zero-order chi connectivity index (χ0) is 15.1. The summed E-state index contributed by atoms with van der Waals surface area (Å²) in [5.74, 6) is 0. The Hall–Kier alpha value is -1.33. The number of rotatable bonds is 7. The number of nitrogens with one attached hydrogen (secondary N) is 2. The van der Waals surface area contributed by atoms with Crippen LogP contribution in [0.4, 0.5) is 5.69 Å². The molecule has 1 aliphatic rings. The zero-order valence-corrected chi connectivity index (χ0v) is 13.1. The maximum absolute atomic E-state index is 11.7. The number of methoxy groups -OCH3 is 1. The van der Waals surface area contributed by atoms with Crippen LogP contribution >= 0.6 is 0 Å². The molecule has 2 atom stereocenters.